The highest BCUT2D eigenvalue weighted by atomic mass is 16.5. The van der Waals surface area contributed by atoms with Crippen molar-refractivity contribution in [3.05, 3.63) is 48.0 Å². The Balaban J connectivity index is 1.70. The normalized spacial score (nSPS) is 14.9. The third kappa shape index (κ3) is 2.72. The number of carbonyl (C=O) groups is 1. The molecule has 6 nitrogen and oxygen atoms in total. The smallest absolute Gasteiger partial charge is 0.335 e. The van der Waals surface area contributed by atoms with Gasteiger partial charge < -0.3 is 19.2 Å². The van der Waals surface area contributed by atoms with Gasteiger partial charge in [0.25, 0.3) is 0 Å². The van der Waals surface area contributed by atoms with Crippen LogP contribution in [-0.2, 0) is 4.74 Å². The number of hydrogen-bond donors (Lipinski definition) is 1. The molecule has 3 aromatic rings. The quantitative estimate of drug-likeness (QED) is 0.798. The largest absolute Gasteiger partial charge is 0.478 e. The molecule has 0 radical (unpaired) electrons. The van der Waals surface area contributed by atoms with Crippen molar-refractivity contribution in [3.8, 4) is 11.5 Å². The summed E-state index contributed by atoms with van der Waals surface area (Å²) < 4.78 is 11.2. The second kappa shape index (κ2) is 5.98. The van der Waals surface area contributed by atoms with Crippen LogP contribution in [0.2, 0.25) is 0 Å². The lowest BCUT2D eigenvalue weighted by Crippen LogP contribution is -2.36. The number of anilines is 1. The van der Waals surface area contributed by atoms with E-state index in [0.717, 1.165) is 37.5 Å². The van der Waals surface area contributed by atoms with E-state index < -0.39 is 5.97 Å². The maximum atomic E-state index is 11.1. The van der Waals surface area contributed by atoms with Gasteiger partial charge in [-0.1, -0.05) is 6.07 Å². The summed E-state index contributed by atoms with van der Waals surface area (Å²) in [6.07, 6.45) is 0. The SMILES string of the molecule is O=C(O)c1cccc(-c2nc3ccc(N4CCOCC4)cc3o2)c1. The van der Waals surface area contributed by atoms with E-state index in [9.17, 15) is 4.79 Å². The minimum absolute atomic E-state index is 0.212. The number of oxazole rings is 1. The van der Waals surface area contributed by atoms with Crippen LogP contribution in [0.5, 0.6) is 0 Å². The highest BCUT2D eigenvalue weighted by molar-refractivity contribution is 5.89. The predicted molar refractivity (Wildman–Crippen MR) is 89.4 cm³/mol. The molecule has 1 fully saturated rings. The van der Waals surface area contributed by atoms with Crippen LogP contribution in [0.3, 0.4) is 0 Å². The second-order valence-corrected chi connectivity index (χ2v) is 5.66. The molecular weight excluding hydrogens is 308 g/mol. The second-order valence-electron chi connectivity index (χ2n) is 5.66. The molecule has 0 bridgehead atoms. The number of rotatable bonds is 3. The zero-order chi connectivity index (χ0) is 16.5. The van der Waals surface area contributed by atoms with E-state index in [1.807, 2.05) is 18.2 Å². The topological polar surface area (TPSA) is 75.8 Å². The molecule has 0 aliphatic carbocycles. The Kier molecular flexibility index (Phi) is 3.66. The Morgan fingerprint density at radius 1 is 1.12 bits per heavy atom. The number of hydrogen-bond acceptors (Lipinski definition) is 5. The standard InChI is InChI=1S/C18H16N2O4/c21-18(22)13-3-1-2-12(10-13)17-19-15-5-4-14(11-16(15)24-17)20-6-8-23-9-7-20/h1-5,10-11H,6-9H2,(H,21,22). The van der Waals surface area contributed by atoms with Gasteiger partial charge in [0, 0.05) is 30.4 Å². The molecular formula is C18H16N2O4. The molecule has 122 valence electrons. The Morgan fingerprint density at radius 3 is 2.75 bits per heavy atom. The van der Waals surface area contributed by atoms with Crippen LogP contribution in [0.25, 0.3) is 22.6 Å². The maximum absolute atomic E-state index is 11.1. The average molecular weight is 324 g/mol. The average Bonchev–Trinajstić information content (AvgIpc) is 3.06. The van der Waals surface area contributed by atoms with Gasteiger partial charge in [0.05, 0.1) is 18.8 Å². The van der Waals surface area contributed by atoms with E-state index in [1.165, 1.54) is 0 Å². The van der Waals surface area contributed by atoms with Crippen molar-refractivity contribution in [1.82, 2.24) is 4.98 Å². The number of carboxylic acid groups (broad SMARTS) is 1. The van der Waals surface area contributed by atoms with E-state index in [-0.39, 0.29) is 5.56 Å². The van der Waals surface area contributed by atoms with Gasteiger partial charge in [-0.15, -0.1) is 0 Å². The number of ether oxygens (including phenoxy) is 1. The van der Waals surface area contributed by atoms with Crippen molar-refractivity contribution in [3.63, 3.8) is 0 Å². The lowest BCUT2D eigenvalue weighted by molar-refractivity contribution is 0.0697. The van der Waals surface area contributed by atoms with Gasteiger partial charge in [0.1, 0.15) is 5.52 Å². The first-order valence-electron chi connectivity index (χ1n) is 7.78. The summed E-state index contributed by atoms with van der Waals surface area (Å²) in [6.45, 7) is 3.16. The summed E-state index contributed by atoms with van der Waals surface area (Å²) in [6, 6.07) is 12.5. The molecule has 1 N–H and O–H groups in total. The maximum Gasteiger partial charge on any atom is 0.335 e. The molecule has 2 aromatic carbocycles. The van der Waals surface area contributed by atoms with Crippen molar-refractivity contribution in [1.29, 1.82) is 0 Å². The van der Waals surface area contributed by atoms with Gasteiger partial charge in [-0.3, -0.25) is 0 Å². The molecule has 1 saturated heterocycles. The lowest BCUT2D eigenvalue weighted by atomic mass is 10.1. The van der Waals surface area contributed by atoms with E-state index >= 15 is 0 Å². The minimum Gasteiger partial charge on any atom is -0.478 e. The third-order valence-electron chi connectivity index (χ3n) is 4.10. The first-order valence-corrected chi connectivity index (χ1v) is 7.78. The summed E-state index contributed by atoms with van der Waals surface area (Å²) in [5.41, 5.74) is 3.38. The third-order valence-corrected chi connectivity index (χ3v) is 4.10. The molecule has 24 heavy (non-hydrogen) atoms. The van der Waals surface area contributed by atoms with Gasteiger partial charge in [-0.05, 0) is 30.3 Å². The number of aromatic nitrogens is 1. The first kappa shape index (κ1) is 14.7. The highest BCUT2D eigenvalue weighted by Gasteiger charge is 2.15. The summed E-state index contributed by atoms with van der Waals surface area (Å²) >= 11 is 0. The number of carboxylic acids is 1. The lowest BCUT2D eigenvalue weighted by Gasteiger charge is -2.28. The monoisotopic (exact) mass is 324 g/mol. The van der Waals surface area contributed by atoms with Gasteiger partial charge in [-0.25, -0.2) is 9.78 Å². The molecule has 1 aliphatic heterocycles. The molecule has 0 spiro atoms. The fraction of sp³-hybridized carbons (Fsp3) is 0.222. The highest BCUT2D eigenvalue weighted by Crippen LogP contribution is 2.28. The molecule has 1 aliphatic rings. The minimum atomic E-state index is -0.970. The zero-order valence-electron chi connectivity index (χ0n) is 12.9. The van der Waals surface area contributed by atoms with Crippen LogP contribution in [0.15, 0.2) is 46.9 Å². The van der Waals surface area contributed by atoms with E-state index in [2.05, 4.69) is 9.88 Å². The number of nitrogens with zero attached hydrogens (tertiary/aromatic N) is 2. The van der Waals surface area contributed by atoms with Crippen LogP contribution in [0, 0.1) is 0 Å². The number of morpholine rings is 1. The Bertz CT molecular complexity index is 897. The molecule has 6 heteroatoms. The number of fused-ring (bicyclic) bond motifs is 1. The number of aromatic carboxylic acids is 1. The summed E-state index contributed by atoms with van der Waals surface area (Å²) in [4.78, 5) is 17.8. The van der Waals surface area contributed by atoms with Crippen LogP contribution in [-0.4, -0.2) is 42.4 Å². The van der Waals surface area contributed by atoms with Gasteiger partial charge in [-0.2, -0.15) is 0 Å². The van der Waals surface area contributed by atoms with Crippen molar-refractivity contribution in [2.45, 2.75) is 0 Å². The van der Waals surface area contributed by atoms with E-state index in [0.29, 0.717) is 17.0 Å². The Hall–Kier alpha value is -2.86. The summed E-state index contributed by atoms with van der Waals surface area (Å²) in [7, 11) is 0. The number of benzene rings is 2. The van der Waals surface area contributed by atoms with Crippen molar-refractivity contribution in [2.75, 3.05) is 31.2 Å². The van der Waals surface area contributed by atoms with E-state index in [4.69, 9.17) is 14.3 Å². The predicted octanol–water partition coefficient (Wildman–Crippen LogP) is 3.03. The fourth-order valence-corrected chi connectivity index (χ4v) is 2.84. The molecule has 4 rings (SSSR count). The molecule has 0 amide bonds. The van der Waals surface area contributed by atoms with Crippen LogP contribution < -0.4 is 4.90 Å². The molecule has 0 atom stereocenters. The van der Waals surface area contributed by atoms with Crippen molar-refractivity contribution >= 4 is 22.8 Å². The van der Waals surface area contributed by atoms with Crippen molar-refractivity contribution in [2.24, 2.45) is 0 Å². The van der Waals surface area contributed by atoms with E-state index in [1.54, 1.807) is 24.3 Å². The van der Waals surface area contributed by atoms with Crippen LogP contribution in [0.4, 0.5) is 5.69 Å². The first-order chi connectivity index (χ1) is 11.7. The fourth-order valence-electron chi connectivity index (χ4n) is 2.84. The van der Waals surface area contributed by atoms with Gasteiger partial charge in [0.15, 0.2) is 5.58 Å². The van der Waals surface area contributed by atoms with Gasteiger partial charge >= 0.3 is 5.97 Å². The van der Waals surface area contributed by atoms with Gasteiger partial charge in [0.2, 0.25) is 5.89 Å². The summed E-state index contributed by atoms with van der Waals surface area (Å²) in [5.74, 6) is -0.546. The molecule has 0 saturated carbocycles. The van der Waals surface area contributed by atoms with Crippen LogP contribution in [0.1, 0.15) is 10.4 Å². The zero-order valence-corrected chi connectivity index (χ0v) is 12.9. The Labute approximate surface area is 138 Å². The molecule has 1 aromatic heterocycles. The molecule has 2 heterocycles. The van der Waals surface area contributed by atoms with Crippen LogP contribution >= 0.6 is 0 Å². The van der Waals surface area contributed by atoms with Crippen molar-refractivity contribution < 1.29 is 19.1 Å². The summed E-state index contributed by atoms with van der Waals surface area (Å²) in [5, 5.41) is 9.11. The Morgan fingerprint density at radius 2 is 1.96 bits per heavy atom. The molecule has 0 unspecified atom stereocenters.